The molecule has 0 aliphatic heterocycles. The van der Waals surface area contributed by atoms with Gasteiger partial charge in [0.25, 0.3) is 0 Å². The Hall–Kier alpha value is -2.05. The van der Waals surface area contributed by atoms with Crippen molar-refractivity contribution in [3.63, 3.8) is 0 Å². The van der Waals surface area contributed by atoms with Gasteiger partial charge in [-0.25, -0.2) is 4.98 Å². The normalized spacial score (nSPS) is 10.6. The van der Waals surface area contributed by atoms with Crippen LogP contribution in [-0.4, -0.2) is 22.9 Å². The molecule has 1 heterocycles. The first-order valence-electron chi connectivity index (χ1n) is 6.67. The van der Waals surface area contributed by atoms with E-state index in [0.717, 1.165) is 21.7 Å². The summed E-state index contributed by atoms with van der Waals surface area (Å²) in [6.07, 6.45) is 1.89. The molecular weight excluding hydrogens is 316 g/mol. The van der Waals surface area contributed by atoms with Crippen LogP contribution in [0.4, 0.5) is 5.13 Å². The predicted molar refractivity (Wildman–Crippen MR) is 93.1 cm³/mol. The fourth-order valence-electron chi connectivity index (χ4n) is 1.93. The van der Waals surface area contributed by atoms with E-state index in [4.69, 9.17) is 4.74 Å². The number of aromatic nitrogens is 1. The van der Waals surface area contributed by atoms with Crippen LogP contribution in [0.25, 0.3) is 10.2 Å². The summed E-state index contributed by atoms with van der Waals surface area (Å²) in [7, 11) is 0. The van der Waals surface area contributed by atoms with Crippen molar-refractivity contribution in [3.8, 4) is 11.5 Å². The zero-order valence-corrected chi connectivity index (χ0v) is 13.5. The molecule has 0 aliphatic rings. The lowest BCUT2D eigenvalue weighted by atomic mass is 10.3. The lowest BCUT2D eigenvalue weighted by molar-refractivity contribution is -0.113. The van der Waals surface area contributed by atoms with E-state index in [2.05, 4.69) is 10.3 Å². The topological polar surface area (TPSA) is 51.2 Å². The number of anilines is 1. The Labute approximate surface area is 136 Å². The number of carbonyl (C=O) groups is 1. The van der Waals surface area contributed by atoms with Crippen LogP contribution in [0.2, 0.25) is 0 Å². The highest BCUT2D eigenvalue weighted by Crippen LogP contribution is 2.31. The molecule has 0 spiro atoms. The lowest BCUT2D eigenvalue weighted by Crippen LogP contribution is -2.13. The fourth-order valence-corrected chi connectivity index (χ4v) is 3.18. The Kier molecular flexibility index (Phi) is 4.60. The number of amides is 1. The number of rotatable bonds is 5. The molecule has 0 aliphatic carbocycles. The number of hydrogen-bond acceptors (Lipinski definition) is 5. The first-order valence-corrected chi connectivity index (χ1v) is 8.88. The van der Waals surface area contributed by atoms with E-state index >= 15 is 0 Å². The number of thioether (sulfide) groups is 1. The number of hydrogen-bond donors (Lipinski definition) is 1. The third-order valence-corrected chi connectivity index (χ3v) is 4.35. The van der Waals surface area contributed by atoms with Crippen LogP contribution >= 0.6 is 23.1 Å². The molecule has 4 nitrogen and oxygen atoms in total. The predicted octanol–water partition coefficient (Wildman–Crippen LogP) is 4.39. The van der Waals surface area contributed by atoms with E-state index in [1.807, 2.05) is 54.8 Å². The van der Waals surface area contributed by atoms with Gasteiger partial charge in [0.1, 0.15) is 11.5 Å². The minimum atomic E-state index is -0.0349. The molecule has 2 aromatic carbocycles. The molecule has 1 amide bonds. The Bertz CT molecular complexity index is 787. The summed E-state index contributed by atoms with van der Waals surface area (Å²) in [4.78, 5) is 16.0. The summed E-state index contributed by atoms with van der Waals surface area (Å²) in [5.74, 6) is 1.94. The maximum atomic E-state index is 11.6. The second-order valence-electron chi connectivity index (χ2n) is 4.54. The van der Waals surface area contributed by atoms with E-state index in [9.17, 15) is 4.79 Å². The highest BCUT2D eigenvalue weighted by Gasteiger charge is 2.08. The van der Waals surface area contributed by atoms with Gasteiger partial charge in [0.05, 0.1) is 16.0 Å². The lowest BCUT2D eigenvalue weighted by Gasteiger charge is -2.04. The molecule has 6 heteroatoms. The molecule has 0 saturated carbocycles. The standard InChI is InChI=1S/C16H14N2O2S2/c1-21-10-15(19)18-16-17-13-8-7-12(9-14(13)22-16)20-11-5-3-2-4-6-11/h2-9H,10H2,1H3,(H,17,18,19). The summed E-state index contributed by atoms with van der Waals surface area (Å²) >= 11 is 2.93. The van der Waals surface area contributed by atoms with Crippen LogP contribution in [0, 0.1) is 0 Å². The van der Waals surface area contributed by atoms with Crippen molar-refractivity contribution in [2.75, 3.05) is 17.3 Å². The molecular formula is C16H14N2O2S2. The monoisotopic (exact) mass is 330 g/mol. The minimum absolute atomic E-state index is 0.0349. The summed E-state index contributed by atoms with van der Waals surface area (Å²) in [5, 5.41) is 3.42. The van der Waals surface area contributed by atoms with Crippen molar-refractivity contribution in [2.45, 2.75) is 0 Å². The Morgan fingerprint density at radius 2 is 2.05 bits per heavy atom. The second kappa shape index (κ2) is 6.81. The van der Waals surface area contributed by atoms with Crippen LogP contribution in [0.3, 0.4) is 0 Å². The number of nitrogens with one attached hydrogen (secondary N) is 1. The van der Waals surface area contributed by atoms with Gasteiger partial charge in [-0.05, 0) is 30.5 Å². The molecule has 22 heavy (non-hydrogen) atoms. The highest BCUT2D eigenvalue weighted by molar-refractivity contribution is 7.99. The number of carbonyl (C=O) groups excluding carboxylic acids is 1. The van der Waals surface area contributed by atoms with Gasteiger partial charge in [-0.3, -0.25) is 4.79 Å². The maximum absolute atomic E-state index is 11.6. The number of fused-ring (bicyclic) bond motifs is 1. The van der Waals surface area contributed by atoms with Crippen molar-refractivity contribution < 1.29 is 9.53 Å². The van der Waals surface area contributed by atoms with Gasteiger partial charge in [0.2, 0.25) is 5.91 Å². The summed E-state index contributed by atoms with van der Waals surface area (Å²) in [6.45, 7) is 0. The van der Waals surface area contributed by atoms with E-state index in [0.29, 0.717) is 10.9 Å². The molecule has 1 aromatic heterocycles. The molecule has 3 rings (SSSR count). The minimum Gasteiger partial charge on any atom is -0.457 e. The van der Waals surface area contributed by atoms with Crippen LogP contribution in [0.1, 0.15) is 0 Å². The number of thiazole rings is 1. The van der Waals surface area contributed by atoms with Gasteiger partial charge < -0.3 is 10.1 Å². The SMILES string of the molecule is CSCC(=O)Nc1nc2ccc(Oc3ccccc3)cc2s1. The third-order valence-electron chi connectivity index (χ3n) is 2.86. The summed E-state index contributed by atoms with van der Waals surface area (Å²) in [5.41, 5.74) is 0.852. The first kappa shape index (κ1) is 14.9. The van der Waals surface area contributed by atoms with Crippen molar-refractivity contribution in [1.29, 1.82) is 0 Å². The van der Waals surface area contributed by atoms with Gasteiger partial charge in [-0.15, -0.1) is 0 Å². The van der Waals surface area contributed by atoms with E-state index in [1.165, 1.54) is 23.1 Å². The van der Waals surface area contributed by atoms with Crippen molar-refractivity contribution in [2.24, 2.45) is 0 Å². The van der Waals surface area contributed by atoms with Gasteiger partial charge in [-0.2, -0.15) is 11.8 Å². The van der Waals surface area contributed by atoms with Crippen LogP contribution in [0.5, 0.6) is 11.5 Å². The fraction of sp³-hybridized carbons (Fsp3) is 0.125. The first-order chi connectivity index (χ1) is 10.7. The van der Waals surface area contributed by atoms with Crippen LogP contribution in [0.15, 0.2) is 48.5 Å². The highest BCUT2D eigenvalue weighted by atomic mass is 32.2. The van der Waals surface area contributed by atoms with Crippen molar-refractivity contribution in [1.82, 2.24) is 4.98 Å². The van der Waals surface area contributed by atoms with Gasteiger partial charge >= 0.3 is 0 Å². The molecule has 112 valence electrons. The molecule has 0 bridgehead atoms. The van der Waals surface area contributed by atoms with Crippen molar-refractivity contribution in [3.05, 3.63) is 48.5 Å². The van der Waals surface area contributed by atoms with Crippen LogP contribution < -0.4 is 10.1 Å². The second-order valence-corrected chi connectivity index (χ2v) is 6.44. The third kappa shape index (κ3) is 3.58. The number of nitrogens with zero attached hydrogens (tertiary/aromatic N) is 1. The van der Waals surface area contributed by atoms with E-state index < -0.39 is 0 Å². The summed E-state index contributed by atoms with van der Waals surface area (Å²) < 4.78 is 6.78. The van der Waals surface area contributed by atoms with Crippen molar-refractivity contribution >= 4 is 44.4 Å². The molecule has 0 radical (unpaired) electrons. The number of benzene rings is 2. The Morgan fingerprint density at radius 1 is 1.23 bits per heavy atom. The number of para-hydroxylation sites is 1. The van der Waals surface area contributed by atoms with Gasteiger partial charge in [0, 0.05) is 6.07 Å². The molecule has 3 aromatic rings. The zero-order chi connectivity index (χ0) is 15.4. The average Bonchev–Trinajstić information content (AvgIpc) is 2.90. The largest absolute Gasteiger partial charge is 0.457 e. The smallest absolute Gasteiger partial charge is 0.236 e. The molecule has 1 N–H and O–H groups in total. The average molecular weight is 330 g/mol. The quantitative estimate of drug-likeness (QED) is 0.754. The molecule has 0 saturated heterocycles. The van der Waals surface area contributed by atoms with Crippen LogP contribution in [-0.2, 0) is 4.79 Å². The van der Waals surface area contributed by atoms with Gasteiger partial charge in [-0.1, -0.05) is 29.5 Å². The van der Waals surface area contributed by atoms with E-state index in [1.54, 1.807) is 0 Å². The summed E-state index contributed by atoms with van der Waals surface area (Å²) in [6, 6.07) is 15.3. The zero-order valence-electron chi connectivity index (χ0n) is 11.9. The molecule has 0 atom stereocenters. The molecule has 0 unspecified atom stereocenters. The number of ether oxygens (including phenoxy) is 1. The Balaban J connectivity index is 1.79. The van der Waals surface area contributed by atoms with Gasteiger partial charge in [0.15, 0.2) is 5.13 Å². The van der Waals surface area contributed by atoms with E-state index in [-0.39, 0.29) is 5.91 Å². The molecule has 0 fully saturated rings. The maximum Gasteiger partial charge on any atom is 0.236 e. The Morgan fingerprint density at radius 3 is 2.82 bits per heavy atom.